The normalized spacial score (nSPS) is 17.6. The number of piperidine rings is 1. The molecule has 0 radical (unpaired) electrons. The molecule has 1 aliphatic rings. The van der Waals surface area contributed by atoms with Crippen LogP contribution in [0.4, 0.5) is 11.4 Å². The second-order valence-electron chi connectivity index (χ2n) is 4.42. The largest absolute Gasteiger partial charge is 0.396 e. The molecular weight excluding hydrogens is 252 g/mol. The molecule has 2 rings (SSSR count). The summed E-state index contributed by atoms with van der Waals surface area (Å²) < 4.78 is 22.7. The minimum atomic E-state index is -3.78. The fourth-order valence-electron chi connectivity index (χ4n) is 2.07. The lowest BCUT2D eigenvalue weighted by molar-refractivity contribution is 0.273. The van der Waals surface area contributed by atoms with Crippen molar-refractivity contribution in [3.8, 4) is 0 Å². The standard InChI is InChI=1S/C11H18N4O2S/c12-11-9(14-15-7-2-1-3-8-15)5-4-6-10(11)18(13,16)17/h4-6,14H,1-3,7-8,12H2,(H2,13,16,17). The van der Waals surface area contributed by atoms with Crippen molar-refractivity contribution in [2.45, 2.75) is 24.2 Å². The van der Waals surface area contributed by atoms with Gasteiger partial charge in [-0.05, 0) is 25.0 Å². The van der Waals surface area contributed by atoms with E-state index in [1.165, 1.54) is 12.5 Å². The Morgan fingerprint density at radius 3 is 2.44 bits per heavy atom. The van der Waals surface area contributed by atoms with Gasteiger partial charge in [-0.2, -0.15) is 0 Å². The van der Waals surface area contributed by atoms with Crippen LogP contribution in [0.1, 0.15) is 19.3 Å². The molecule has 0 saturated carbocycles. The molecular formula is C11H18N4O2S. The summed E-state index contributed by atoms with van der Waals surface area (Å²) in [7, 11) is -3.78. The van der Waals surface area contributed by atoms with Gasteiger partial charge in [0.2, 0.25) is 10.0 Å². The third kappa shape index (κ3) is 2.92. The summed E-state index contributed by atoms with van der Waals surface area (Å²) in [5.41, 5.74) is 9.75. The number of hydrogen-bond acceptors (Lipinski definition) is 5. The van der Waals surface area contributed by atoms with Gasteiger partial charge in [0.05, 0.1) is 11.4 Å². The lowest BCUT2D eigenvalue weighted by Gasteiger charge is -2.28. The Labute approximate surface area is 107 Å². The first-order chi connectivity index (χ1) is 8.48. The molecule has 18 heavy (non-hydrogen) atoms. The number of para-hydroxylation sites is 1. The number of nitrogens with two attached hydrogens (primary N) is 2. The van der Waals surface area contributed by atoms with Crippen molar-refractivity contribution < 1.29 is 8.42 Å². The van der Waals surface area contributed by atoms with Crippen molar-refractivity contribution in [1.82, 2.24) is 5.01 Å². The summed E-state index contributed by atoms with van der Waals surface area (Å²) in [5, 5.41) is 7.15. The molecule has 0 aliphatic carbocycles. The maximum Gasteiger partial charge on any atom is 0.240 e. The highest BCUT2D eigenvalue weighted by Gasteiger charge is 2.16. The second kappa shape index (κ2) is 5.13. The summed E-state index contributed by atoms with van der Waals surface area (Å²) in [6.45, 7) is 1.86. The van der Waals surface area contributed by atoms with Gasteiger partial charge >= 0.3 is 0 Å². The average molecular weight is 270 g/mol. The SMILES string of the molecule is Nc1c(NN2CCCCC2)cccc1S(N)(=O)=O. The Balaban J connectivity index is 2.23. The number of hydrazine groups is 1. The lowest BCUT2D eigenvalue weighted by Crippen LogP contribution is -2.35. The Morgan fingerprint density at radius 1 is 1.17 bits per heavy atom. The minimum Gasteiger partial charge on any atom is -0.396 e. The van der Waals surface area contributed by atoms with E-state index >= 15 is 0 Å². The summed E-state index contributed by atoms with van der Waals surface area (Å²) in [5.74, 6) is 0. The number of nitrogen functional groups attached to an aromatic ring is 1. The molecule has 0 spiro atoms. The van der Waals surface area contributed by atoms with Crippen molar-refractivity contribution in [2.24, 2.45) is 5.14 Å². The van der Waals surface area contributed by atoms with E-state index < -0.39 is 10.0 Å². The van der Waals surface area contributed by atoms with E-state index in [2.05, 4.69) is 5.43 Å². The van der Waals surface area contributed by atoms with Crippen LogP contribution in [0.3, 0.4) is 0 Å². The zero-order valence-corrected chi connectivity index (χ0v) is 10.9. The topological polar surface area (TPSA) is 101 Å². The molecule has 100 valence electrons. The fraction of sp³-hybridized carbons (Fsp3) is 0.455. The Bertz CT molecular complexity index is 524. The molecule has 1 aromatic carbocycles. The molecule has 1 fully saturated rings. The molecule has 0 aromatic heterocycles. The molecule has 5 N–H and O–H groups in total. The molecule has 6 nitrogen and oxygen atoms in total. The summed E-state index contributed by atoms with van der Waals surface area (Å²) in [6.07, 6.45) is 3.48. The van der Waals surface area contributed by atoms with Crippen LogP contribution in [-0.4, -0.2) is 26.5 Å². The van der Waals surface area contributed by atoms with E-state index in [1.807, 2.05) is 5.01 Å². The first kappa shape index (κ1) is 13.1. The van der Waals surface area contributed by atoms with Crippen LogP contribution >= 0.6 is 0 Å². The number of hydrogen-bond donors (Lipinski definition) is 3. The molecule has 0 unspecified atom stereocenters. The van der Waals surface area contributed by atoms with Gasteiger partial charge in [0, 0.05) is 13.1 Å². The second-order valence-corrected chi connectivity index (χ2v) is 5.95. The van der Waals surface area contributed by atoms with Gasteiger partial charge in [0.15, 0.2) is 0 Å². The highest BCUT2D eigenvalue weighted by molar-refractivity contribution is 7.89. The van der Waals surface area contributed by atoms with Crippen molar-refractivity contribution >= 4 is 21.4 Å². The monoisotopic (exact) mass is 270 g/mol. The Morgan fingerprint density at radius 2 is 1.83 bits per heavy atom. The van der Waals surface area contributed by atoms with Crippen LogP contribution in [0.25, 0.3) is 0 Å². The van der Waals surface area contributed by atoms with Crippen LogP contribution < -0.4 is 16.3 Å². The smallest absolute Gasteiger partial charge is 0.240 e. The highest BCUT2D eigenvalue weighted by atomic mass is 32.2. The maximum absolute atomic E-state index is 11.4. The maximum atomic E-state index is 11.4. The quantitative estimate of drug-likeness (QED) is 0.703. The van der Waals surface area contributed by atoms with E-state index in [9.17, 15) is 8.42 Å². The third-order valence-electron chi connectivity index (χ3n) is 3.01. The molecule has 0 bridgehead atoms. The minimum absolute atomic E-state index is 0.0375. The fourth-order valence-corrected chi connectivity index (χ4v) is 2.75. The highest BCUT2D eigenvalue weighted by Crippen LogP contribution is 2.26. The molecule has 0 atom stereocenters. The van der Waals surface area contributed by atoms with E-state index in [-0.39, 0.29) is 10.6 Å². The van der Waals surface area contributed by atoms with Gasteiger partial charge in [0.25, 0.3) is 0 Å². The van der Waals surface area contributed by atoms with Crippen molar-refractivity contribution in [2.75, 3.05) is 24.2 Å². The Hall–Kier alpha value is -1.31. The predicted octanol–water partition coefficient (Wildman–Crippen LogP) is 0.729. The molecule has 1 aromatic rings. The molecule has 7 heteroatoms. The van der Waals surface area contributed by atoms with E-state index in [4.69, 9.17) is 10.9 Å². The van der Waals surface area contributed by atoms with Crippen molar-refractivity contribution in [3.63, 3.8) is 0 Å². The third-order valence-corrected chi connectivity index (χ3v) is 3.98. The zero-order valence-electron chi connectivity index (χ0n) is 10.1. The van der Waals surface area contributed by atoms with Crippen LogP contribution in [0.15, 0.2) is 23.1 Å². The molecule has 1 aliphatic heterocycles. The van der Waals surface area contributed by atoms with Gasteiger partial charge in [-0.15, -0.1) is 0 Å². The average Bonchev–Trinajstić information content (AvgIpc) is 2.32. The first-order valence-electron chi connectivity index (χ1n) is 5.91. The van der Waals surface area contributed by atoms with Gasteiger partial charge in [0.1, 0.15) is 4.90 Å². The molecule has 1 saturated heterocycles. The lowest BCUT2D eigenvalue weighted by atomic mass is 10.2. The van der Waals surface area contributed by atoms with Crippen LogP contribution in [-0.2, 0) is 10.0 Å². The summed E-state index contributed by atoms with van der Waals surface area (Å²) in [6, 6.07) is 4.78. The molecule has 0 amide bonds. The number of primary sulfonamides is 1. The van der Waals surface area contributed by atoms with Gasteiger partial charge in [-0.1, -0.05) is 12.5 Å². The van der Waals surface area contributed by atoms with Crippen LogP contribution in [0, 0.1) is 0 Å². The number of nitrogens with zero attached hydrogens (tertiary/aromatic N) is 1. The van der Waals surface area contributed by atoms with Gasteiger partial charge < -0.3 is 11.2 Å². The summed E-state index contributed by atoms with van der Waals surface area (Å²) >= 11 is 0. The number of sulfonamides is 1. The number of nitrogens with one attached hydrogen (secondary N) is 1. The van der Waals surface area contributed by atoms with Crippen molar-refractivity contribution in [3.05, 3.63) is 18.2 Å². The summed E-state index contributed by atoms with van der Waals surface area (Å²) in [4.78, 5) is -0.0375. The number of benzene rings is 1. The Kier molecular flexibility index (Phi) is 3.74. The van der Waals surface area contributed by atoms with E-state index in [1.54, 1.807) is 12.1 Å². The zero-order chi connectivity index (χ0) is 13.2. The van der Waals surface area contributed by atoms with Gasteiger partial charge in [-0.3, -0.25) is 0 Å². The van der Waals surface area contributed by atoms with E-state index in [0.29, 0.717) is 5.69 Å². The predicted molar refractivity (Wildman–Crippen MR) is 71.3 cm³/mol. The van der Waals surface area contributed by atoms with E-state index in [0.717, 1.165) is 25.9 Å². The molecule has 1 heterocycles. The van der Waals surface area contributed by atoms with Crippen LogP contribution in [0.5, 0.6) is 0 Å². The number of rotatable bonds is 3. The first-order valence-corrected chi connectivity index (χ1v) is 7.46. The van der Waals surface area contributed by atoms with Gasteiger partial charge in [-0.25, -0.2) is 18.6 Å². The van der Waals surface area contributed by atoms with Crippen LogP contribution in [0.2, 0.25) is 0 Å². The van der Waals surface area contributed by atoms with Crippen molar-refractivity contribution in [1.29, 1.82) is 0 Å². The number of anilines is 2.